The molecule has 16 heavy (non-hydrogen) atoms. The van der Waals surface area contributed by atoms with Gasteiger partial charge in [0.15, 0.2) is 0 Å². The number of hydrogen-bond acceptors (Lipinski definition) is 1. The zero-order valence-corrected chi connectivity index (χ0v) is 9.51. The van der Waals surface area contributed by atoms with Gasteiger partial charge in [0.25, 0.3) is 0 Å². The lowest BCUT2D eigenvalue weighted by Crippen LogP contribution is -2.18. The lowest BCUT2D eigenvalue weighted by molar-refractivity contribution is 0.872. The molecule has 81 valence electrons. The van der Waals surface area contributed by atoms with E-state index < -0.39 is 0 Å². The summed E-state index contributed by atoms with van der Waals surface area (Å²) in [5.41, 5.74) is 1.88. The average molecular weight is 232 g/mol. The summed E-state index contributed by atoms with van der Waals surface area (Å²) in [6, 6.07) is 19.6. The molecule has 0 aliphatic carbocycles. The van der Waals surface area contributed by atoms with Gasteiger partial charge in [-0.15, -0.1) is 0 Å². The molecule has 2 aromatic carbocycles. The van der Waals surface area contributed by atoms with Crippen molar-refractivity contribution in [3.63, 3.8) is 0 Å². The molecule has 0 aliphatic rings. The van der Waals surface area contributed by atoms with E-state index in [0.29, 0.717) is 6.67 Å². The van der Waals surface area contributed by atoms with E-state index in [1.807, 2.05) is 60.7 Å². The molecule has 0 saturated carbocycles. The summed E-state index contributed by atoms with van der Waals surface area (Å²) in [6.45, 7) is 0.440. The monoisotopic (exact) mass is 231 g/mol. The molecule has 0 spiro atoms. The third kappa shape index (κ3) is 2.91. The van der Waals surface area contributed by atoms with Crippen molar-refractivity contribution in [2.24, 2.45) is 0 Å². The minimum atomic E-state index is 0.440. The van der Waals surface area contributed by atoms with Crippen LogP contribution in [0.3, 0.4) is 0 Å². The minimum absolute atomic E-state index is 0.440. The van der Waals surface area contributed by atoms with Crippen LogP contribution in [0.1, 0.15) is 0 Å². The first kappa shape index (κ1) is 10.8. The lowest BCUT2D eigenvalue weighted by atomic mass is 10.3. The SMILES string of the molecule is ClN(C[N]c1ccccc1)c1ccccc1. The molecular formula is C13H12ClN2. The summed E-state index contributed by atoms with van der Waals surface area (Å²) in [4.78, 5) is 0. The summed E-state index contributed by atoms with van der Waals surface area (Å²) in [5, 5.41) is 4.38. The zero-order chi connectivity index (χ0) is 11.2. The van der Waals surface area contributed by atoms with E-state index in [4.69, 9.17) is 11.8 Å². The smallest absolute Gasteiger partial charge is 0.126 e. The Labute approximate surface area is 101 Å². The molecule has 0 atom stereocenters. The molecule has 0 aliphatic heterocycles. The van der Waals surface area contributed by atoms with E-state index in [2.05, 4.69) is 5.32 Å². The van der Waals surface area contributed by atoms with Crippen molar-refractivity contribution in [2.45, 2.75) is 0 Å². The molecule has 0 fully saturated rings. The number of anilines is 1. The first-order valence-corrected chi connectivity index (χ1v) is 5.41. The Morgan fingerprint density at radius 1 is 0.875 bits per heavy atom. The summed E-state index contributed by atoms with van der Waals surface area (Å²) in [5.74, 6) is 0. The number of halogens is 1. The van der Waals surface area contributed by atoms with Crippen LogP contribution in [0.2, 0.25) is 0 Å². The third-order valence-corrected chi connectivity index (χ3v) is 2.47. The van der Waals surface area contributed by atoms with Crippen LogP contribution in [-0.4, -0.2) is 6.67 Å². The fourth-order valence-corrected chi connectivity index (χ4v) is 1.51. The standard InChI is InChI=1S/C13H12ClN2/c14-16(13-9-5-2-6-10-13)11-15-12-7-3-1-4-8-12/h1-10H,11H2. The van der Waals surface area contributed by atoms with Gasteiger partial charge in [-0.3, -0.25) is 9.74 Å². The second-order valence-corrected chi connectivity index (χ2v) is 3.74. The average Bonchev–Trinajstić information content (AvgIpc) is 2.38. The van der Waals surface area contributed by atoms with Gasteiger partial charge < -0.3 is 0 Å². The second kappa shape index (κ2) is 5.42. The van der Waals surface area contributed by atoms with Crippen molar-refractivity contribution in [3.05, 3.63) is 60.7 Å². The van der Waals surface area contributed by atoms with Gasteiger partial charge in [-0.25, -0.2) is 0 Å². The molecule has 0 heterocycles. The van der Waals surface area contributed by atoms with Crippen LogP contribution in [0.4, 0.5) is 11.4 Å². The first-order valence-electron chi connectivity index (χ1n) is 5.07. The van der Waals surface area contributed by atoms with Gasteiger partial charge in [0.05, 0.1) is 11.4 Å². The number of para-hydroxylation sites is 2. The Kier molecular flexibility index (Phi) is 3.67. The van der Waals surface area contributed by atoms with Crippen LogP contribution >= 0.6 is 11.8 Å². The third-order valence-electron chi connectivity index (χ3n) is 2.17. The molecule has 2 nitrogen and oxygen atoms in total. The van der Waals surface area contributed by atoms with Gasteiger partial charge >= 0.3 is 0 Å². The van der Waals surface area contributed by atoms with Gasteiger partial charge in [0, 0.05) is 11.8 Å². The topological polar surface area (TPSA) is 17.3 Å². The maximum absolute atomic E-state index is 6.10. The second-order valence-electron chi connectivity index (χ2n) is 3.33. The summed E-state index contributed by atoms with van der Waals surface area (Å²) in [7, 11) is 0. The summed E-state index contributed by atoms with van der Waals surface area (Å²) < 4.78 is 1.59. The van der Waals surface area contributed by atoms with Crippen LogP contribution in [-0.2, 0) is 0 Å². The zero-order valence-electron chi connectivity index (χ0n) is 8.75. The van der Waals surface area contributed by atoms with Gasteiger partial charge in [-0.1, -0.05) is 36.4 Å². The highest BCUT2D eigenvalue weighted by molar-refractivity contribution is 6.25. The minimum Gasteiger partial charge on any atom is -0.264 e. The number of rotatable bonds is 4. The molecule has 0 unspecified atom stereocenters. The van der Waals surface area contributed by atoms with E-state index in [1.165, 1.54) is 0 Å². The molecule has 2 rings (SSSR count). The molecule has 3 heteroatoms. The van der Waals surface area contributed by atoms with Crippen molar-refractivity contribution >= 4 is 23.2 Å². The highest BCUT2D eigenvalue weighted by Gasteiger charge is 2.02. The quantitative estimate of drug-likeness (QED) is 0.736. The molecule has 0 aromatic heterocycles. The largest absolute Gasteiger partial charge is 0.264 e. The number of hydrogen-bond donors (Lipinski definition) is 0. The molecule has 0 bridgehead atoms. The number of nitrogens with zero attached hydrogens (tertiary/aromatic N) is 2. The van der Waals surface area contributed by atoms with Crippen molar-refractivity contribution in [2.75, 3.05) is 11.1 Å². The van der Waals surface area contributed by atoms with E-state index >= 15 is 0 Å². The van der Waals surface area contributed by atoms with Crippen molar-refractivity contribution < 1.29 is 0 Å². The van der Waals surface area contributed by atoms with Gasteiger partial charge in [0.1, 0.15) is 6.67 Å². The highest BCUT2D eigenvalue weighted by Crippen LogP contribution is 2.15. The Morgan fingerprint density at radius 2 is 1.44 bits per heavy atom. The molecule has 0 saturated heterocycles. The molecular weight excluding hydrogens is 220 g/mol. The Hall–Kier alpha value is -1.67. The maximum atomic E-state index is 6.10. The molecule has 0 amide bonds. The molecule has 0 N–H and O–H groups in total. The van der Waals surface area contributed by atoms with Crippen molar-refractivity contribution in [1.29, 1.82) is 0 Å². The Balaban J connectivity index is 1.92. The summed E-state index contributed by atoms with van der Waals surface area (Å²) in [6.07, 6.45) is 0. The van der Waals surface area contributed by atoms with Crippen LogP contribution in [0, 0.1) is 0 Å². The van der Waals surface area contributed by atoms with Crippen LogP contribution in [0.5, 0.6) is 0 Å². The predicted octanol–water partition coefficient (Wildman–Crippen LogP) is 3.54. The highest BCUT2D eigenvalue weighted by atomic mass is 35.5. The van der Waals surface area contributed by atoms with Gasteiger partial charge in [0.2, 0.25) is 0 Å². The van der Waals surface area contributed by atoms with Crippen LogP contribution < -0.4 is 9.74 Å². The fourth-order valence-electron chi connectivity index (χ4n) is 1.35. The Morgan fingerprint density at radius 3 is 2.06 bits per heavy atom. The van der Waals surface area contributed by atoms with Gasteiger partial charge in [-0.2, -0.15) is 0 Å². The van der Waals surface area contributed by atoms with E-state index in [0.717, 1.165) is 11.4 Å². The van der Waals surface area contributed by atoms with E-state index in [9.17, 15) is 0 Å². The summed E-state index contributed by atoms with van der Waals surface area (Å²) >= 11 is 6.10. The van der Waals surface area contributed by atoms with Crippen molar-refractivity contribution in [3.8, 4) is 0 Å². The molecule has 2 aromatic rings. The normalized spacial score (nSPS) is 9.81. The fraction of sp³-hybridized carbons (Fsp3) is 0.0769. The van der Waals surface area contributed by atoms with E-state index in [1.54, 1.807) is 4.42 Å². The van der Waals surface area contributed by atoms with E-state index in [-0.39, 0.29) is 0 Å². The molecule has 1 radical (unpaired) electrons. The van der Waals surface area contributed by atoms with Crippen LogP contribution in [0.15, 0.2) is 60.7 Å². The lowest BCUT2D eigenvalue weighted by Gasteiger charge is -2.15. The van der Waals surface area contributed by atoms with Gasteiger partial charge in [-0.05, 0) is 24.3 Å². The first-order chi connectivity index (χ1) is 7.86. The van der Waals surface area contributed by atoms with Crippen molar-refractivity contribution in [1.82, 2.24) is 5.32 Å². The predicted molar refractivity (Wildman–Crippen MR) is 67.9 cm³/mol. The van der Waals surface area contributed by atoms with Crippen LogP contribution in [0.25, 0.3) is 0 Å². The number of benzene rings is 2. The Bertz CT molecular complexity index is 416. The maximum Gasteiger partial charge on any atom is 0.126 e.